The lowest BCUT2D eigenvalue weighted by Crippen LogP contribution is -2.41. The van der Waals surface area contributed by atoms with Crippen LogP contribution in [0.4, 0.5) is 5.69 Å². The molecule has 0 amide bonds. The minimum Gasteiger partial charge on any atom is -0.497 e. The van der Waals surface area contributed by atoms with Crippen molar-refractivity contribution in [3.63, 3.8) is 0 Å². The summed E-state index contributed by atoms with van der Waals surface area (Å²) in [5.74, 6) is 0.628. The third kappa shape index (κ3) is 3.21. The van der Waals surface area contributed by atoms with Gasteiger partial charge in [-0.05, 0) is 37.6 Å². The van der Waals surface area contributed by atoms with Crippen LogP contribution >= 0.6 is 0 Å². The molecule has 1 aliphatic rings. The zero-order valence-corrected chi connectivity index (χ0v) is 14.3. The first-order chi connectivity index (χ1) is 10.1. The zero-order valence-electron chi connectivity index (χ0n) is 12.6. The van der Waals surface area contributed by atoms with Crippen molar-refractivity contribution in [2.24, 2.45) is 0 Å². The molecule has 0 saturated carbocycles. The van der Waals surface area contributed by atoms with E-state index in [0.717, 1.165) is 6.26 Å². The fourth-order valence-electron chi connectivity index (χ4n) is 2.25. The van der Waals surface area contributed by atoms with Crippen LogP contribution in [0, 0.1) is 0 Å². The van der Waals surface area contributed by atoms with Gasteiger partial charge in [0.05, 0.1) is 25.7 Å². The van der Waals surface area contributed by atoms with Crippen molar-refractivity contribution in [3.05, 3.63) is 24.3 Å². The van der Waals surface area contributed by atoms with Crippen molar-refractivity contribution >= 4 is 25.8 Å². The Morgan fingerprint density at radius 1 is 1.27 bits per heavy atom. The summed E-state index contributed by atoms with van der Waals surface area (Å²) in [5.41, 5.74) is 0.517. The second-order valence-corrected chi connectivity index (χ2v) is 9.46. The average Bonchev–Trinajstić information content (AvgIpc) is 2.68. The lowest BCUT2D eigenvalue weighted by atomic mass is 10.1. The van der Waals surface area contributed by atoms with E-state index in [1.807, 2.05) is 0 Å². The number of hydrogen-bond acceptors (Lipinski definition) is 6. The van der Waals surface area contributed by atoms with Crippen LogP contribution in [0.3, 0.4) is 0 Å². The number of hydrogen-bond donors (Lipinski definition) is 0. The van der Waals surface area contributed by atoms with Gasteiger partial charge in [-0.3, -0.25) is 8.49 Å². The highest BCUT2D eigenvalue weighted by Gasteiger charge is 2.50. The van der Waals surface area contributed by atoms with Gasteiger partial charge in [-0.25, -0.2) is 8.42 Å². The fraction of sp³-hybridized carbons (Fsp3) is 0.538. The Kier molecular flexibility index (Phi) is 4.42. The van der Waals surface area contributed by atoms with Crippen LogP contribution < -0.4 is 9.04 Å². The fourth-order valence-corrected chi connectivity index (χ4v) is 4.62. The molecule has 0 spiro atoms. The predicted molar refractivity (Wildman–Crippen MR) is 83.1 cm³/mol. The molecule has 0 bridgehead atoms. The molecule has 2 rings (SSSR count). The van der Waals surface area contributed by atoms with E-state index >= 15 is 0 Å². The van der Waals surface area contributed by atoms with Gasteiger partial charge in [0.1, 0.15) is 10.5 Å². The quantitative estimate of drug-likeness (QED) is 0.736. The molecule has 0 aliphatic carbocycles. The van der Waals surface area contributed by atoms with Crippen molar-refractivity contribution in [2.75, 3.05) is 30.8 Å². The maximum atomic E-state index is 12.7. The van der Waals surface area contributed by atoms with Crippen LogP contribution in [0.2, 0.25) is 0 Å². The summed E-state index contributed by atoms with van der Waals surface area (Å²) in [7, 11) is -5.88. The van der Waals surface area contributed by atoms with E-state index in [0.29, 0.717) is 11.4 Å². The van der Waals surface area contributed by atoms with Gasteiger partial charge in [0.25, 0.3) is 10.1 Å². The third-order valence-corrected chi connectivity index (χ3v) is 6.78. The molecule has 1 atom stereocenters. The van der Waals surface area contributed by atoms with Gasteiger partial charge in [-0.1, -0.05) is 0 Å². The topological polar surface area (TPSA) is 90.0 Å². The highest BCUT2D eigenvalue weighted by molar-refractivity contribution is 7.94. The highest BCUT2D eigenvalue weighted by Crippen LogP contribution is 2.37. The second kappa shape index (κ2) is 5.71. The van der Waals surface area contributed by atoms with Crippen LogP contribution in [0.5, 0.6) is 5.75 Å². The van der Waals surface area contributed by atoms with Crippen molar-refractivity contribution in [1.29, 1.82) is 0 Å². The summed E-state index contributed by atoms with van der Waals surface area (Å²) in [6.07, 6.45) is 1.19. The summed E-state index contributed by atoms with van der Waals surface area (Å²) in [6, 6.07) is 6.65. The molecule has 1 aromatic carbocycles. The number of rotatable bonds is 5. The SMILES string of the molecule is COc1ccc(N2CCC(C)(COS(C)(=O)=O)S2(=O)=O)cc1. The molecule has 1 heterocycles. The Hall–Kier alpha value is -1.32. The lowest BCUT2D eigenvalue weighted by molar-refractivity contribution is 0.278. The number of anilines is 1. The number of ether oxygens (including phenoxy) is 1. The molecule has 0 radical (unpaired) electrons. The van der Waals surface area contributed by atoms with Crippen molar-refractivity contribution in [1.82, 2.24) is 0 Å². The molecule has 0 N–H and O–H groups in total. The molecule has 22 heavy (non-hydrogen) atoms. The highest BCUT2D eigenvalue weighted by atomic mass is 32.2. The maximum absolute atomic E-state index is 12.7. The number of nitrogens with zero attached hydrogens (tertiary/aromatic N) is 1. The molecular weight excluding hydrogens is 330 g/mol. The first-order valence-corrected chi connectivity index (χ1v) is 9.85. The lowest BCUT2D eigenvalue weighted by Gasteiger charge is -2.25. The predicted octanol–water partition coefficient (Wildman–Crippen LogP) is 0.970. The van der Waals surface area contributed by atoms with E-state index in [2.05, 4.69) is 0 Å². The van der Waals surface area contributed by atoms with Crippen LogP contribution in [-0.2, 0) is 24.3 Å². The molecule has 9 heteroatoms. The first kappa shape index (κ1) is 17.0. The smallest absolute Gasteiger partial charge is 0.264 e. The van der Waals surface area contributed by atoms with Crippen LogP contribution in [-0.4, -0.2) is 48.1 Å². The summed E-state index contributed by atoms with van der Waals surface area (Å²) in [4.78, 5) is 0. The van der Waals surface area contributed by atoms with E-state index < -0.39 is 24.9 Å². The minimum absolute atomic E-state index is 0.276. The zero-order chi connectivity index (χ0) is 16.6. The Morgan fingerprint density at radius 2 is 1.86 bits per heavy atom. The van der Waals surface area contributed by atoms with Crippen LogP contribution in [0.1, 0.15) is 13.3 Å². The standard InChI is InChI=1S/C13H19NO6S2/c1-13(10-20-21(3,15)16)8-9-14(22(13,17)18)11-4-6-12(19-2)7-5-11/h4-7H,8-10H2,1-3H3. The molecule has 7 nitrogen and oxygen atoms in total. The van der Waals surface area contributed by atoms with E-state index in [4.69, 9.17) is 8.92 Å². The molecular formula is C13H19NO6S2. The van der Waals surface area contributed by atoms with Crippen molar-refractivity contribution < 1.29 is 25.8 Å². The van der Waals surface area contributed by atoms with Gasteiger partial charge < -0.3 is 4.74 Å². The van der Waals surface area contributed by atoms with Crippen molar-refractivity contribution in [3.8, 4) is 5.75 Å². The Bertz CT molecular complexity index is 741. The Labute approximate surface area is 131 Å². The monoisotopic (exact) mass is 349 g/mol. The Morgan fingerprint density at radius 3 is 2.36 bits per heavy atom. The number of benzene rings is 1. The maximum Gasteiger partial charge on any atom is 0.264 e. The minimum atomic E-state index is -3.72. The van der Waals surface area contributed by atoms with E-state index in [1.54, 1.807) is 24.3 Å². The van der Waals surface area contributed by atoms with Gasteiger partial charge in [-0.15, -0.1) is 0 Å². The normalized spacial score (nSPS) is 24.4. The number of methoxy groups -OCH3 is 1. The summed E-state index contributed by atoms with van der Waals surface area (Å²) in [6.45, 7) is 1.39. The average molecular weight is 349 g/mol. The largest absolute Gasteiger partial charge is 0.497 e. The van der Waals surface area contributed by atoms with E-state index in [1.165, 1.54) is 18.3 Å². The summed E-state index contributed by atoms with van der Waals surface area (Å²) >= 11 is 0. The van der Waals surface area contributed by atoms with Gasteiger partial charge in [-0.2, -0.15) is 8.42 Å². The third-order valence-electron chi connectivity index (χ3n) is 3.70. The molecule has 1 aromatic rings. The molecule has 1 fully saturated rings. The second-order valence-electron chi connectivity index (χ2n) is 5.44. The van der Waals surface area contributed by atoms with Gasteiger partial charge >= 0.3 is 0 Å². The molecule has 1 unspecified atom stereocenters. The first-order valence-electron chi connectivity index (χ1n) is 6.60. The number of sulfonamides is 1. The van der Waals surface area contributed by atoms with Gasteiger partial charge in [0.15, 0.2) is 0 Å². The van der Waals surface area contributed by atoms with Crippen LogP contribution in [0.15, 0.2) is 24.3 Å². The van der Waals surface area contributed by atoms with Gasteiger partial charge in [0.2, 0.25) is 10.0 Å². The van der Waals surface area contributed by atoms with E-state index in [-0.39, 0.29) is 19.6 Å². The molecule has 0 aromatic heterocycles. The summed E-state index contributed by atoms with van der Waals surface area (Å²) < 4.78 is 57.4. The molecule has 1 aliphatic heterocycles. The molecule has 1 saturated heterocycles. The van der Waals surface area contributed by atoms with Gasteiger partial charge in [0, 0.05) is 6.54 Å². The summed E-state index contributed by atoms with van der Waals surface area (Å²) in [5, 5.41) is 0. The molecule has 124 valence electrons. The van der Waals surface area contributed by atoms with Crippen molar-refractivity contribution in [2.45, 2.75) is 18.1 Å². The van der Waals surface area contributed by atoms with E-state index in [9.17, 15) is 16.8 Å². The Balaban J connectivity index is 2.26. The van der Waals surface area contributed by atoms with Crippen LogP contribution in [0.25, 0.3) is 0 Å².